The van der Waals surface area contributed by atoms with Gasteiger partial charge in [0.2, 0.25) is 0 Å². The summed E-state index contributed by atoms with van der Waals surface area (Å²) in [4.78, 5) is 23.9. The predicted octanol–water partition coefficient (Wildman–Crippen LogP) is 1.13. The van der Waals surface area contributed by atoms with Crippen molar-refractivity contribution in [2.75, 3.05) is 5.32 Å². The zero-order chi connectivity index (χ0) is 14.7. The molecule has 20 heavy (non-hydrogen) atoms. The summed E-state index contributed by atoms with van der Waals surface area (Å²) in [5.74, 6) is -0.496. The van der Waals surface area contributed by atoms with Gasteiger partial charge in [-0.05, 0) is 37.1 Å². The number of H-pyrrole nitrogens is 1. The summed E-state index contributed by atoms with van der Waals surface area (Å²) in [7, 11) is 0. The third-order valence-corrected chi connectivity index (χ3v) is 3.06. The lowest BCUT2D eigenvalue weighted by Gasteiger charge is -2.08. The van der Waals surface area contributed by atoms with Gasteiger partial charge in [-0.1, -0.05) is 12.1 Å². The summed E-state index contributed by atoms with van der Waals surface area (Å²) in [5, 5.41) is 17.8. The van der Waals surface area contributed by atoms with E-state index >= 15 is 0 Å². The summed E-state index contributed by atoms with van der Waals surface area (Å²) in [6.45, 7) is 3.28. The number of nitrogens with zero attached hydrogens (tertiary/aromatic N) is 1. The van der Waals surface area contributed by atoms with Crippen molar-refractivity contribution in [3.05, 3.63) is 57.0 Å². The quantitative estimate of drug-likeness (QED) is 0.781. The SMILES string of the molecule is Cc1n[nH]c(=O)c(C(=O)Nc2cccc(CO)c2)c1C. The number of anilines is 1. The molecule has 0 aliphatic carbocycles. The molecule has 0 saturated carbocycles. The van der Waals surface area contributed by atoms with Gasteiger partial charge in [-0.3, -0.25) is 9.59 Å². The first kappa shape index (κ1) is 14.0. The Morgan fingerprint density at radius 2 is 2.15 bits per heavy atom. The van der Waals surface area contributed by atoms with Crippen LogP contribution in [0, 0.1) is 13.8 Å². The number of rotatable bonds is 3. The van der Waals surface area contributed by atoms with Crippen molar-refractivity contribution in [3.8, 4) is 0 Å². The van der Waals surface area contributed by atoms with E-state index in [2.05, 4.69) is 15.5 Å². The Labute approximate surface area is 115 Å². The molecule has 1 aromatic carbocycles. The number of hydrogen-bond donors (Lipinski definition) is 3. The highest BCUT2D eigenvalue weighted by Gasteiger charge is 2.16. The van der Waals surface area contributed by atoms with Crippen molar-refractivity contribution in [3.63, 3.8) is 0 Å². The van der Waals surface area contributed by atoms with E-state index in [4.69, 9.17) is 5.11 Å². The summed E-state index contributed by atoms with van der Waals surface area (Å²) >= 11 is 0. The number of carbonyl (C=O) groups is 1. The number of nitrogens with one attached hydrogen (secondary N) is 2. The van der Waals surface area contributed by atoms with Gasteiger partial charge in [-0.2, -0.15) is 5.10 Å². The van der Waals surface area contributed by atoms with Gasteiger partial charge >= 0.3 is 0 Å². The Bertz CT molecular complexity index is 707. The van der Waals surface area contributed by atoms with Crippen LogP contribution in [0.4, 0.5) is 5.69 Å². The van der Waals surface area contributed by atoms with Gasteiger partial charge in [0.25, 0.3) is 11.5 Å². The van der Waals surface area contributed by atoms with Crippen molar-refractivity contribution in [2.24, 2.45) is 0 Å². The molecule has 1 amide bonds. The Kier molecular flexibility index (Phi) is 3.95. The van der Waals surface area contributed by atoms with Gasteiger partial charge in [0.05, 0.1) is 12.3 Å². The molecule has 1 aromatic heterocycles. The molecule has 2 rings (SSSR count). The van der Waals surface area contributed by atoms with Crippen LogP contribution < -0.4 is 10.9 Å². The van der Waals surface area contributed by atoms with Gasteiger partial charge in [0.1, 0.15) is 5.56 Å². The van der Waals surface area contributed by atoms with E-state index < -0.39 is 11.5 Å². The molecule has 3 N–H and O–H groups in total. The second-order valence-corrected chi connectivity index (χ2v) is 4.45. The average Bonchev–Trinajstić information content (AvgIpc) is 2.43. The zero-order valence-electron chi connectivity index (χ0n) is 11.2. The highest BCUT2D eigenvalue weighted by atomic mass is 16.3. The minimum absolute atomic E-state index is 0.0481. The summed E-state index contributed by atoms with van der Waals surface area (Å²) in [5.41, 5.74) is 1.87. The second kappa shape index (κ2) is 5.66. The first-order valence-electron chi connectivity index (χ1n) is 6.10. The molecular weight excluding hydrogens is 258 g/mol. The van der Waals surface area contributed by atoms with Crippen molar-refractivity contribution in [1.82, 2.24) is 10.2 Å². The van der Waals surface area contributed by atoms with Gasteiger partial charge in [-0.15, -0.1) is 0 Å². The number of benzene rings is 1. The fourth-order valence-electron chi connectivity index (χ4n) is 1.84. The predicted molar refractivity (Wildman–Crippen MR) is 74.6 cm³/mol. The Balaban J connectivity index is 2.33. The van der Waals surface area contributed by atoms with Crippen molar-refractivity contribution in [1.29, 1.82) is 0 Å². The van der Waals surface area contributed by atoms with E-state index in [1.807, 2.05) is 0 Å². The highest BCUT2D eigenvalue weighted by molar-refractivity contribution is 6.05. The van der Waals surface area contributed by atoms with Crippen LogP contribution in [0.15, 0.2) is 29.1 Å². The fraction of sp³-hybridized carbons (Fsp3) is 0.214. The molecule has 0 atom stereocenters. The van der Waals surface area contributed by atoms with Crippen LogP contribution in [0.1, 0.15) is 27.2 Å². The monoisotopic (exact) mass is 273 g/mol. The molecule has 2 aromatic rings. The molecule has 104 valence electrons. The van der Waals surface area contributed by atoms with Crippen molar-refractivity contribution in [2.45, 2.75) is 20.5 Å². The number of aliphatic hydroxyl groups is 1. The van der Waals surface area contributed by atoms with Crippen LogP contribution in [0.5, 0.6) is 0 Å². The lowest BCUT2D eigenvalue weighted by Crippen LogP contribution is -2.26. The standard InChI is InChI=1S/C14H15N3O3/c1-8-9(2)16-17-14(20)12(8)13(19)15-11-5-3-4-10(6-11)7-18/h3-6,18H,7H2,1-2H3,(H,15,19)(H,17,20). The fourth-order valence-corrected chi connectivity index (χ4v) is 1.84. The summed E-state index contributed by atoms with van der Waals surface area (Å²) in [6, 6.07) is 6.80. The number of carbonyl (C=O) groups excluding carboxylic acids is 1. The second-order valence-electron chi connectivity index (χ2n) is 4.45. The molecule has 0 radical (unpaired) electrons. The van der Waals surface area contributed by atoms with E-state index in [1.165, 1.54) is 0 Å². The zero-order valence-corrected chi connectivity index (χ0v) is 11.2. The van der Waals surface area contributed by atoms with E-state index in [1.54, 1.807) is 38.1 Å². The van der Waals surface area contributed by atoms with Crippen molar-refractivity contribution < 1.29 is 9.90 Å². The maximum Gasteiger partial charge on any atom is 0.277 e. The third kappa shape index (κ3) is 2.75. The number of aromatic amines is 1. The maximum atomic E-state index is 12.2. The molecule has 1 heterocycles. The Morgan fingerprint density at radius 1 is 1.40 bits per heavy atom. The van der Waals surface area contributed by atoms with Gasteiger partial charge in [0, 0.05) is 5.69 Å². The molecule has 6 nitrogen and oxygen atoms in total. The van der Waals surface area contributed by atoms with E-state index in [0.29, 0.717) is 22.5 Å². The molecule has 0 aliphatic heterocycles. The highest BCUT2D eigenvalue weighted by Crippen LogP contribution is 2.13. The van der Waals surface area contributed by atoms with E-state index in [0.717, 1.165) is 0 Å². The van der Waals surface area contributed by atoms with Crippen LogP contribution in [0.25, 0.3) is 0 Å². The molecule has 0 bridgehead atoms. The number of aliphatic hydroxyl groups excluding tert-OH is 1. The first-order chi connectivity index (χ1) is 9.52. The summed E-state index contributed by atoms with van der Waals surface area (Å²) in [6.07, 6.45) is 0. The molecule has 0 unspecified atom stereocenters. The lowest BCUT2D eigenvalue weighted by atomic mass is 10.1. The lowest BCUT2D eigenvalue weighted by molar-refractivity contribution is 0.102. The van der Waals surface area contributed by atoms with Crippen LogP contribution >= 0.6 is 0 Å². The molecule has 0 aliphatic rings. The number of amides is 1. The number of hydrogen-bond acceptors (Lipinski definition) is 4. The molecule has 0 spiro atoms. The molecule has 0 fully saturated rings. The van der Waals surface area contributed by atoms with Gasteiger partial charge in [-0.25, -0.2) is 5.10 Å². The maximum absolute atomic E-state index is 12.2. The topological polar surface area (TPSA) is 95.1 Å². The molecule has 0 saturated heterocycles. The van der Waals surface area contributed by atoms with Crippen molar-refractivity contribution >= 4 is 11.6 Å². The van der Waals surface area contributed by atoms with Crippen LogP contribution in [0.2, 0.25) is 0 Å². The normalized spacial score (nSPS) is 10.3. The van der Waals surface area contributed by atoms with Gasteiger partial charge in [0.15, 0.2) is 0 Å². The third-order valence-electron chi connectivity index (χ3n) is 3.06. The smallest absolute Gasteiger partial charge is 0.277 e. The Hall–Kier alpha value is -2.47. The molecule has 6 heteroatoms. The van der Waals surface area contributed by atoms with Gasteiger partial charge < -0.3 is 10.4 Å². The number of aryl methyl sites for hydroxylation is 1. The van der Waals surface area contributed by atoms with E-state index in [-0.39, 0.29) is 12.2 Å². The molecular formula is C14H15N3O3. The van der Waals surface area contributed by atoms with Crippen LogP contribution in [0.3, 0.4) is 0 Å². The van der Waals surface area contributed by atoms with Crippen LogP contribution in [-0.4, -0.2) is 21.2 Å². The van der Waals surface area contributed by atoms with E-state index in [9.17, 15) is 9.59 Å². The minimum Gasteiger partial charge on any atom is -0.392 e. The minimum atomic E-state index is -0.524. The summed E-state index contributed by atoms with van der Waals surface area (Å²) < 4.78 is 0. The average molecular weight is 273 g/mol. The largest absolute Gasteiger partial charge is 0.392 e. The van der Waals surface area contributed by atoms with Crippen LogP contribution in [-0.2, 0) is 6.61 Å². The first-order valence-corrected chi connectivity index (χ1v) is 6.10. The number of aromatic nitrogens is 2. The Morgan fingerprint density at radius 3 is 2.85 bits per heavy atom.